The van der Waals surface area contributed by atoms with Crippen molar-refractivity contribution in [1.29, 1.82) is 5.26 Å². The molecule has 3 nitrogen and oxygen atoms in total. The van der Waals surface area contributed by atoms with Crippen LogP contribution in [-0.2, 0) is 0 Å². The highest BCUT2D eigenvalue weighted by Crippen LogP contribution is 2.15. The molecule has 0 aliphatic heterocycles. The monoisotopic (exact) mass is 236 g/mol. The van der Waals surface area contributed by atoms with Crippen LogP contribution in [0.1, 0.15) is 21.5 Å². The van der Waals surface area contributed by atoms with Crippen molar-refractivity contribution in [3.8, 4) is 6.07 Å². The van der Waals surface area contributed by atoms with E-state index in [0.29, 0.717) is 16.8 Å². The van der Waals surface area contributed by atoms with Crippen molar-refractivity contribution in [2.45, 2.75) is 6.92 Å². The zero-order chi connectivity index (χ0) is 13.0. The van der Waals surface area contributed by atoms with Gasteiger partial charge in [-0.1, -0.05) is 24.3 Å². The van der Waals surface area contributed by atoms with Crippen molar-refractivity contribution >= 4 is 11.6 Å². The smallest absolute Gasteiger partial charge is 0.255 e. The van der Waals surface area contributed by atoms with E-state index in [9.17, 15) is 4.79 Å². The Bertz CT molecular complexity index is 612. The molecule has 0 saturated heterocycles. The van der Waals surface area contributed by atoms with Gasteiger partial charge in [0, 0.05) is 11.3 Å². The number of rotatable bonds is 2. The van der Waals surface area contributed by atoms with Crippen LogP contribution < -0.4 is 5.32 Å². The van der Waals surface area contributed by atoms with E-state index in [2.05, 4.69) is 11.4 Å². The van der Waals surface area contributed by atoms with Crippen LogP contribution in [0.5, 0.6) is 0 Å². The molecule has 0 aromatic heterocycles. The summed E-state index contributed by atoms with van der Waals surface area (Å²) in [5.41, 5.74) is 2.69. The number of nitrogens with zero attached hydrogens (tertiary/aromatic N) is 1. The largest absolute Gasteiger partial charge is 0.322 e. The summed E-state index contributed by atoms with van der Waals surface area (Å²) in [6.45, 7) is 1.86. The maximum Gasteiger partial charge on any atom is 0.255 e. The third kappa shape index (κ3) is 2.55. The first-order valence-corrected chi connectivity index (χ1v) is 5.58. The number of aryl methyl sites for hydroxylation is 1. The van der Waals surface area contributed by atoms with Crippen LogP contribution in [-0.4, -0.2) is 5.91 Å². The highest BCUT2D eigenvalue weighted by Gasteiger charge is 2.06. The Morgan fingerprint density at radius 2 is 1.89 bits per heavy atom. The van der Waals surface area contributed by atoms with Gasteiger partial charge in [0.1, 0.15) is 0 Å². The van der Waals surface area contributed by atoms with E-state index in [1.165, 1.54) is 0 Å². The Morgan fingerprint density at radius 3 is 2.56 bits per heavy atom. The summed E-state index contributed by atoms with van der Waals surface area (Å²) in [5, 5.41) is 11.7. The summed E-state index contributed by atoms with van der Waals surface area (Å²) in [6.07, 6.45) is 0. The van der Waals surface area contributed by atoms with Crippen LogP contribution in [0.15, 0.2) is 48.5 Å². The van der Waals surface area contributed by atoms with Crippen LogP contribution in [0.3, 0.4) is 0 Å². The molecule has 18 heavy (non-hydrogen) atoms. The van der Waals surface area contributed by atoms with Crippen molar-refractivity contribution in [3.63, 3.8) is 0 Å². The fraction of sp³-hybridized carbons (Fsp3) is 0.0667. The maximum atomic E-state index is 11.9. The van der Waals surface area contributed by atoms with Gasteiger partial charge < -0.3 is 5.32 Å². The van der Waals surface area contributed by atoms with E-state index in [1.807, 2.05) is 31.2 Å². The summed E-state index contributed by atoms with van der Waals surface area (Å²) in [6, 6.07) is 16.3. The summed E-state index contributed by atoms with van der Waals surface area (Å²) < 4.78 is 0. The zero-order valence-corrected chi connectivity index (χ0v) is 9.97. The van der Waals surface area contributed by atoms with Gasteiger partial charge in [0.25, 0.3) is 5.91 Å². The van der Waals surface area contributed by atoms with Gasteiger partial charge >= 0.3 is 0 Å². The molecular formula is C15H12N2O. The first-order chi connectivity index (χ1) is 8.70. The maximum absolute atomic E-state index is 11.9. The minimum absolute atomic E-state index is 0.177. The lowest BCUT2D eigenvalue weighted by molar-refractivity contribution is 0.102. The summed E-state index contributed by atoms with van der Waals surface area (Å²) in [4.78, 5) is 11.9. The quantitative estimate of drug-likeness (QED) is 0.870. The van der Waals surface area contributed by atoms with Crippen molar-refractivity contribution in [3.05, 3.63) is 65.2 Å². The average Bonchev–Trinajstić information content (AvgIpc) is 2.42. The number of amides is 1. The first kappa shape index (κ1) is 11.9. The molecule has 0 aliphatic carbocycles. The van der Waals surface area contributed by atoms with Crippen molar-refractivity contribution in [2.24, 2.45) is 0 Å². The Hall–Kier alpha value is -2.60. The van der Waals surface area contributed by atoms with E-state index < -0.39 is 0 Å². The molecule has 0 aliphatic rings. The summed E-state index contributed by atoms with van der Waals surface area (Å²) in [7, 11) is 0. The highest BCUT2D eigenvalue weighted by atomic mass is 16.1. The molecule has 0 spiro atoms. The zero-order valence-electron chi connectivity index (χ0n) is 9.97. The lowest BCUT2D eigenvalue weighted by Gasteiger charge is -2.06. The van der Waals surface area contributed by atoms with Crippen LogP contribution in [0.2, 0.25) is 0 Å². The van der Waals surface area contributed by atoms with Gasteiger partial charge in [-0.3, -0.25) is 4.79 Å². The molecule has 2 rings (SSSR count). The molecule has 0 atom stereocenters. The Balaban J connectivity index is 2.20. The van der Waals surface area contributed by atoms with E-state index in [4.69, 9.17) is 5.26 Å². The summed E-state index contributed by atoms with van der Waals surface area (Å²) in [5.74, 6) is -0.177. The molecule has 0 radical (unpaired) electrons. The van der Waals surface area contributed by atoms with Gasteiger partial charge in [-0.15, -0.1) is 0 Å². The third-order valence-electron chi connectivity index (χ3n) is 2.65. The standard InChI is InChI=1S/C15H12N2O/c1-11-7-8-14(9-13(11)10-16)17-15(18)12-5-3-2-4-6-12/h2-9H,1H3,(H,17,18). The van der Waals surface area contributed by atoms with Crippen molar-refractivity contribution < 1.29 is 4.79 Å². The number of anilines is 1. The first-order valence-electron chi connectivity index (χ1n) is 5.58. The molecule has 2 aromatic carbocycles. The molecule has 1 N–H and O–H groups in total. The molecule has 0 heterocycles. The van der Waals surface area contributed by atoms with Crippen LogP contribution in [0, 0.1) is 18.3 Å². The summed E-state index contributed by atoms with van der Waals surface area (Å²) >= 11 is 0. The van der Waals surface area contributed by atoms with Gasteiger partial charge in [-0.2, -0.15) is 5.26 Å². The lowest BCUT2D eigenvalue weighted by atomic mass is 10.1. The second kappa shape index (κ2) is 5.15. The molecular weight excluding hydrogens is 224 g/mol. The van der Waals surface area contributed by atoms with Crippen molar-refractivity contribution in [2.75, 3.05) is 5.32 Å². The number of carbonyl (C=O) groups is 1. The normalized spacial score (nSPS) is 9.56. The highest BCUT2D eigenvalue weighted by molar-refractivity contribution is 6.04. The molecule has 0 unspecified atom stereocenters. The number of hydrogen-bond donors (Lipinski definition) is 1. The van der Waals surface area contributed by atoms with Gasteiger partial charge in [-0.05, 0) is 36.8 Å². The van der Waals surface area contributed by atoms with Gasteiger partial charge in [0.2, 0.25) is 0 Å². The second-order valence-corrected chi connectivity index (χ2v) is 3.96. The second-order valence-electron chi connectivity index (χ2n) is 3.96. The Morgan fingerprint density at radius 1 is 1.17 bits per heavy atom. The minimum atomic E-state index is -0.177. The number of nitrogens with one attached hydrogen (secondary N) is 1. The molecule has 0 bridgehead atoms. The van der Waals surface area contributed by atoms with Crippen LogP contribution in [0.4, 0.5) is 5.69 Å². The molecule has 88 valence electrons. The van der Waals surface area contributed by atoms with Crippen LogP contribution >= 0.6 is 0 Å². The number of carbonyl (C=O) groups excluding carboxylic acids is 1. The minimum Gasteiger partial charge on any atom is -0.322 e. The predicted octanol–water partition coefficient (Wildman–Crippen LogP) is 3.12. The molecule has 0 saturated carbocycles. The average molecular weight is 236 g/mol. The van der Waals surface area contributed by atoms with E-state index in [1.54, 1.807) is 24.3 Å². The van der Waals surface area contributed by atoms with Crippen LogP contribution in [0.25, 0.3) is 0 Å². The van der Waals surface area contributed by atoms with Gasteiger partial charge in [-0.25, -0.2) is 0 Å². The number of hydrogen-bond acceptors (Lipinski definition) is 2. The topological polar surface area (TPSA) is 52.9 Å². The number of nitriles is 1. The Labute approximate surface area is 106 Å². The predicted molar refractivity (Wildman–Crippen MR) is 70.3 cm³/mol. The molecule has 2 aromatic rings. The van der Waals surface area contributed by atoms with Gasteiger partial charge in [0.15, 0.2) is 0 Å². The fourth-order valence-electron chi connectivity index (χ4n) is 1.61. The Kier molecular flexibility index (Phi) is 3.40. The SMILES string of the molecule is Cc1ccc(NC(=O)c2ccccc2)cc1C#N. The number of benzene rings is 2. The molecule has 3 heteroatoms. The molecule has 1 amide bonds. The van der Waals surface area contributed by atoms with Gasteiger partial charge in [0.05, 0.1) is 11.6 Å². The third-order valence-corrected chi connectivity index (χ3v) is 2.65. The van der Waals surface area contributed by atoms with Crippen molar-refractivity contribution in [1.82, 2.24) is 0 Å². The fourth-order valence-corrected chi connectivity index (χ4v) is 1.61. The molecule has 0 fully saturated rings. The lowest BCUT2D eigenvalue weighted by Crippen LogP contribution is -2.11. The van der Waals surface area contributed by atoms with E-state index >= 15 is 0 Å². The van der Waals surface area contributed by atoms with E-state index in [0.717, 1.165) is 5.56 Å². The van der Waals surface area contributed by atoms with E-state index in [-0.39, 0.29) is 5.91 Å².